The Labute approximate surface area is 114 Å². The van der Waals surface area contributed by atoms with Crippen molar-refractivity contribution in [3.63, 3.8) is 0 Å². The molecule has 3 N–H and O–H groups in total. The molecule has 7 heteroatoms. The van der Waals surface area contributed by atoms with E-state index >= 15 is 0 Å². The summed E-state index contributed by atoms with van der Waals surface area (Å²) >= 11 is 1.37. The molecule has 0 bridgehead atoms. The maximum absolute atomic E-state index is 11.9. The summed E-state index contributed by atoms with van der Waals surface area (Å²) in [6.07, 6.45) is 3.52. The molecule has 0 radical (unpaired) electrons. The van der Waals surface area contributed by atoms with Crippen LogP contribution >= 0.6 is 11.3 Å². The van der Waals surface area contributed by atoms with Gasteiger partial charge in [-0.25, -0.2) is 10.6 Å². The number of aryl methyl sites for hydroxylation is 2. The molecule has 0 unspecified atom stereocenters. The fraction of sp³-hybridized carbons (Fsp3) is 0.333. The third-order valence-electron chi connectivity index (χ3n) is 2.97. The molecule has 2 rings (SSSR count). The second-order valence-corrected chi connectivity index (χ2v) is 5.42. The smallest absolute Gasteiger partial charge is 0.300 e. The zero-order valence-corrected chi connectivity index (χ0v) is 11.7. The van der Waals surface area contributed by atoms with Gasteiger partial charge >= 0.3 is 5.69 Å². The van der Waals surface area contributed by atoms with Gasteiger partial charge in [0.15, 0.2) is 0 Å². The van der Waals surface area contributed by atoms with Gasteiger partial charge in [-0.15, -0.1) is 11.3 Å². The van der Waals surface area contributed by atoms with Crippen LogP contribution in [0.1, 0.15) is 27.0 Å². The Bertz CT molecular complexity index is 653. The first-order chi connectivity index (χ1) is 9.06. The molecule has 2 heterocycles. The fourth-order valence-corrected chi connectivity index (χ4v) is 2.80. The molecular formula is C12H16N4O2S. The van der Waals surface area contributed by atoms with E-state index in [-0.39, 0.29) is 11.6 Å². The topological polar surface area (TPSA) is 82.1 Å². The third kappa shape index (κ3) is 2.61. The van der Waals surface area contributed by atoms with Crippen LogP contribution in [0, 0.1) is 6.92 Å². The Kier molecular flexibility index (Phi) is 3.87. The average molecular weight is 280 g/mol. The third-order valence-corrected chi connectivity index (χ3v) is 4.07. The number of thiophene rings is 1. The summed E-state index contributed by atoms with van der Waals surface area (Å²) in [6.45, 7) is 4.96. The lowest BCUT2D eigenvalue weighted by Gasteiger charge is -2.00. The summed E-state index contributed by atoms with van der Waals surface area (Å²) in [6, 6.07) is 1.78. The Morgan fingerprint density at radius 2 is 2.11 bits per heavy atom. The van der Waals surface area contributed by atoms with Gasteiger partial charge < -0.3 is 0 Å². The molecule has 19 heavy (non-hydrogen) atoms. The van der Waals surface area contributed by atoms with Crippen molar-refractivity contribution in [3.8, 4) is 0 Å². The SMILES string of the molecule is CCn1ccn(Cc2cc(C(=O)NN)sc2C)c1=O. The van der Waals surface area contributed by atoms with Gasteiger partial charge in [0.05, 0.1) is 11.4 Å². The van der Waals surface area contributed by atoms with E-state index < -0.39 is 0 Å². The van der Waals surface area contributed by atoms with E-state index in [0.717, 1.165) is 10.4 Å². The number of nitrogens with zero attached hydrogens (tertiary/aromatic N) is 2. The van der Waals surface area contributed by atoms with E-state index in [2.05, 4.69) is 5.43 Å². The number of hydrogen-bond donors (Lipinski definition) is 2. The van der Waals surface area contributed by atoms with Crippen LogP contribution in [0.2, 0.25) is 0 Å². The first-order valence-corrected chi connectivity index (χ1v) is 6.74. The van der Waals surface area contributed by atoms with Gasteiger partial charge in [-0.3, -0.25) is 19.4 Å². The van der Waals surface area contributed by atoms with Gasteiger partial charge in [0.25, 0.3) is 5.91 Å². The number of rotatable bonds is 4. The van der Waals surface area contributed by atoms with Crippen LogP contribution in [-0.4, -0.2) is 15.0 Å². The largest absolute Gasteiger partial charge is 0.328 e. The van der Waals surface area contributed by atoms with Crippen LogP contribution in [-0.2, 0) is 13.1 Å². The van der Waals surface area contributed by atoms with Crippen LogP contribution in [0.3, 0.4) is 0 Å². The minimum atomic E-state index is -0.308. The van der Waals surface area contributed by atoms with Crippen molar-refractivity contribution in [2.45, 2.75) is 26.9 Å². The molecule has 0 atom stereocenters. The molecule has 0 fully saturated rings. The monoisotopic (exact) mass is 280 g/mol. The molecule has 102 valence electrons. The number of amides is 1. The second kappa shape index (κ2) is 5.41. The van der Waals surface area contributed by atoms with Crippen molar-refractivity contribution in [1.82, 2.24) is 14.6 Å². The van der Waals surface area contributed by atoms with E-state index in [9.17, 15) is 9.59 Å². The molecule has 0 saturated heterocycles. The van der Waals surface area contributed by atoms with Gasteiger partial charge in [-0.1, -0.05) is 0 Å². The number of carbonyl (C=O) groups is 1. The molecule has 2 aromatic rings. The first-order valence-electron chi connectivity index (χ1n) is 5.92. The molecule has 0 aliphatic carbocycles. The lowest BCUT2D eigenvalue weighted by atomic mass is 10.2. The highest BCUT2D eigenvalue weighted by Crippen LogP contribution is 2.22. The van der Waals surface area contributed by atoms with Gasteiger partial charge in [0.2, 0.25) is 0 Å². The molecule has 1 amide bonds. The van der Waals surface area contributed by atoms with Crippen molar-refractivity contribution < 1.29 is 4.79 Å². The molecule has 0 saturated carbocycles. The predicted molar refractivity (Wildman–Crippen MR) is 74.2 cm³/mol. The van der Waals surface area contributed by atoms with Gasteiger partial charge in [0, 0.05) is 23.8 Å². The van der Waals surface area contributed by atoms with Crippen molar-refractivity contribution in [2.75, 3.05) is 0 Å². The molecule has 0 aliphatic heterocycles. The van der Waals surface area contributed by atoms with E-state index in [4.69, 9.17) is 5.84 Å². The summed E-state index contributed by atoms with van der Waals surface area (Å²) in [5.74, 6) is 4.80. The number of nitrogen functional groups attached to an aromatic ring is 1. The van der Waals surface area contributed by atoms with Crippen LogP contribution < -0.4 is 17.0 Å². The molecule has 0 aliphatic rings. The minimum Gasteiger partial charge on any atom is -0.300 e. The molecule has 0 spiro atoms. The summed E-state index contributed by atoms with van der Waals surface area (Å²) in [7, 11) is 0. The summed E-state index contributed by atoms with van der Waals surface area (Å²) in [5, 5.41) is 0. The molecule has 0 aromatic carbocycles. The van der Waals surface area contributed by atoms with Crippen molar-refractivity contribution in [2.24, 2.45) is 5.84 Å². The zero-order chi connectivity index (χ0) is 14.0. The number of hydrogen-bond acceptors (Lipinski definition) is 4. The number of carbonyl (C=O) groups excluding carboxylic acids is 1. The fourth-order valence-electron chi connectivity index (χ4n) is 1.86. The summed E-state index contributed by atoms with van der Waals surface area (Å²) < 4.78 is 3.26. The van der Waals surface area contributed by atoms with Crippen molar-refractivity contribution in [1.29, 1.82) is 0 Å². The Morgan fingerprint density at radius 1 is 1.42 bits per heavy atom. The molecule has 6 nitrogen and oxygen atoms in total. The number of hydrazine groups is 1. The Hall–Kier alpha value is -1.86. The lowest BCUT2D eigenvalue weighted by molar-refractivity contribution is 0.0957. The van der Waals surface area contributed by atoms with Crippen molar-refractivity contribution >= 4 is 17.2 Å². The standard InChI is InChI=1S/C12H16N4O2S/c1-3-15-4-5-16(12(15)18)7-9-6-10(11(17)14-13)19-8(9)2/h4-6H,3,7,13H2,1-2H3,(H,14,17). The lowest BCUT2D eigenvalue weighted by Crippen LogP contribution is -2.29. The van der Waals surface area contributed by atoms with E-state index in [1.807, 2.05) is 13.8 Å². The normalized spacial score (nSPS) is 10.7. The number of nitrogens with two attached hydrogens (primary N) is 1. The summed E-state index contributed by atoms with van der Waals surface area (Å²) in [4.78, 5) is 25.0. The average Bonchev–Trinajstić information content (AvgIpc) is 2.94. The maximum atomic E-state index is 11.9. The van der Waals surface area contributed by atoms with Gasteiger partial charge in [-0.2, -0.15) is 0 Å². The van der Waals surface area contributed by atoms with Crippen LogP contribution in [0.15, 0.2) is 23.3 Å². The highest BCUT2D eigenvalue weighted by molar-refractivity contribution is 7.14. The summed E-state index contributed by atoms with van der Waals surface area (Å²) in [5.41, 5.74) is 3.02. The maximum Gasteiger partial charge on any atom is 0.328 e. The van der Waals surface area contributed by atoms with Crippen LogP contribution in [0.4, 0.5) is 0 Å². The van der Waals surface area contributed by atoms with Crippen LogP contribution in [0.25, 0.3) is 0 Å². The highest BCUT2D eigenvalue weighted by Gasteiger charge is 2.12. The number of aromatic nitrogens is 2. The van der Waals surface area contributed by atoms with Gasteiger partial charge in [-0.05, 0) is 25.5 Å². The first kappa shape index (κ1) is 13.6. The predicted octanol–water partition coefficient (Wildman–Crippen LogP) is 0.691. The van der Waals surface area contributed by atoms with Crippen molar-refractivity contribution in [3.05, 3.63) is 44.3 Å². The quantitative estimate of drug-likeness (QED) is 0.491. The highest BCUT2D eigenvalue weighted by atomic mass is 32.1. The number of imidazole rings is 1. The Balaban J connectivity index is 2.28. The molecule has 2 aromatic heterocycles. The molecular weight excluding hydrogens is 264 g/mol. The van der Waals surface area contributed by atoms with E-state index in [0.29, 0.717) is 18.0 Å². The van der Waals surface area contributed by atoms with Crippen LogP contribution in [0.5, 0.6) is 0 Å². The van der Waals surface area contributed by atoms with E-state index in [1.165, 1.54) is 11.3 Å². The van der Waals surface area contributed by atoms with Gasteiger partial charge in [0.1, 0.15) is 0 Å². The van der Waals surface area contributed by atoms with E-state index in [1.54, 1.807) is 27.6 Å². The number of nitrogens with one attached hydrogen (secondary N) is 1. The zero-order valence-electron chi connectivity index (χ0n) is 10.8. The second-order valence-electron chi connectivity index (χ2n) is 4.16. The minimum absolute atomic E-state index is 0.0436. The Morgan fingerprint density at radius 3 is 2.68 bits per heavy atom.